The van der Waals surface area contributed by atoms with Gasteiger partial charge in [0.25, 0.3) is 0 Å². The third-order valence-electron chi connectivity index (χ3n) is 5.84. The van der Waals surface area contributed by atoms with E-state index in [-0.39, 0.29) is 23.3 Å². The second-order valence-corrected chi connectivity index (χ2v) is 8.95. The molecule has 0 aromatic heterocycles. The zero-order valence-electron chi connectivity index (χ0n) is 16.2. The Morgan fingerprint density at radius 2 is 2.00 bits per heavy atom. The molecular formula is C21H30N2O2S. The van der Waals surface area contributed by atoms with Gasteiger partial charge in [0.05, 0.1) is 11.2 Å². The maximum absolute atomic E-state index is 13.0. The van der Waals surface area contributed by atoms with Crippen LogP contribution >= 0.6 is 11.8 Å². The molecule has 1 aromatic rings. The first-order chi connectivity index (χ1) is 12.4. The van der Waals surface area contributed by atoms with E-state index in [0.29, 0.717) is 12.3 Å². The molecule has 142 valence electrons. The van der Waals surface area contributed by atoms with E-state index in [0.717, 1.165) is 38.1 Å². The predicted molar refractivity (Wildman–Crippen MR) is 107 cm³/mol. The topological polar surface area (TPSA) is 40.6 Å². The Balaban J connectivity index is 1.54. The van der Waals surface area contributed by atoms with Crippen LogP contribution in [-0.4, -0.2) is 53.0 Å². The molecule has 2 amide bonds. The van der Waals surface area contributed by atoms with Crippen LogP contribution in [0.5, 0.6) is 0 Å². The number of thioether (sulfide) groups is 1. The van der Waals surface area contributed by atoms with Gasteiger partial charge in [0, 0.05) is 31.4 Å². The first-order valence-electron chi connectivity index (χ1n) is 9.64. The average molecular weight is 375 g/mol. The molecule has 0 aliphatic carbocycles. The molecule has 0 N–H and O–H groups in total. The first-order valence-corrected chi connectivity index (χ1v) is 10.8. The van der Waals surface area contributed by atoms with Crippen molar-refractivity contribution in [1.29, 1.82) is 0 Å². The summed E-state index contributed by atoms with van der Waals surface area (Å²) in [5, 5.41) is 0. The predicted octanol–water partition coefficient (Wildman–Crippen LogP) is 3.48. The number of piperidine rings is 1. The second-order valence-electron chi connectivity index (χ2n) is 7.96. The molecule has 2 aliphatic rings. The van der Waals surface area contributed by atoms with E-state index in [1.807, 2.05) is 21.9 Å². The molecule has 2 fully saturated rings. The summed E-state index contributed by atoms with van der Waals surface area (Å²) in [5.74, 6) is 1.79. The molecule has 1 spiro atoms. The zero-order valence-corrected chi connectivity index (χ0v) is 17.0. The van der Waals surface area contributed by atoms with Gasteiger partial charge >= 0.3 is 0 Å². The van der Waals surface area contributed by atoms with Crippen molar-refractivity contribution in [3.63, 3.8) is 0 Å². The van der Waals surface area contributed by atoms with Gasteiger partial charge in [-0.3, -0.25) is 9.59 Å². The Kier molecular flexibility index (Phi) is 5.96. The quantitative estimate of drug-likeness (QED) is 0.792. The molecule has 0 bridgehead atoms. The zero-order chi connectivity index (χ0) is 18.7. The Morgan fingerprint density at radius 1 is 1.23 bits per heavy atom. The maximum Gasteiger partial charge on any atom is 0.232 e. The highest BCUT2D eigenvalue weighted by Gasteiger charge is 2.49. The summed E-state index contributed by atoms with van der Waals surface area (Å²) in [4.78, 5) is 29.6. The molecular weight excluding hydrogens is 344 g/mol. The number of benzene rings is 1. The van der Waals surface area contributed by atoms with Crippen molar-refractivity contribution in [3.05, 3.63) is 35.4 Å². The number of rotatable bonds is 5. The number of carbonyl (C=O) groups excluding carboxylic acids is 2. The lowest BCUT2D eigenvalue weighted by molar-refractivity contribution is -0.148. The standard InChI is InChI=1S/C21H30N2O2S/c1-16(2)23-11-6-9-21(20(23)25)10-12-22(15-21)19(24)14-26-13-18-8-5-4-7-17(18)3/h4-5,7-8,16H,6,9-15H2,1-3H3/t21-/m1/s1. The van der Waals surface area contributed by atoms with Crippen LogP contribution in [0.15, 0.2) is 24.3 Å². The van der Waals surface area contributed by atoms with Crippen LogP contribution in [0.3, 0.4) is 0 Å². The van der Waals surface area contributed by atoms with E-state index in [2.05, 4.69) is 32.9 Å². The maximum atomic E-state index is 13.0. The highest BCUT2D eigenvalue weighted by atomic mass is 32.2. The third kappa shape index (κ3) is 3.93. The van der Waals surface area contributed by atoms with Gasteiger partial charge in [-0.2, -0.15) is 0 Å². The summed E-state index contributed by atoms with van der Waals surface area (Å²) in [5.41, 5.74) is 2.24. The molecule has 0 unspecified atom stereocenters. The SMILES string of the molecule is Cc1ccccc1CSCC(=O)N1CC[C@]2(CCCN(C(C)C)C2=O)C1. The largest absolute Gasteiger partial charge is 0.341 e. The molecule has 0 radical (unpaired) electrons. The van der Waals surface area contributed by atoms with Crippen LogP contribution in [0.4, 0.5) is 0 Å². The van der Waals surface area contributed by atoms with Gasteiger partial charge in [-0.05, 0) is 51.2 Å². The fourth-order valence-electron chi connectivity index (χ4n) is 4.17. The van der Waals surface area contributed by atoms with Gasteiger partial charge in [-0.1, -0.05) is 24.3 Å². The van der Waals surface area contributed by atoms with Gasteiger partial charge in [0.2, 0.25) is 11.8 Å². The lowest BCUT2D eigenvalue weighted by Crippen LogP contribution is -2.52. The van der Waals surface area contributed by atoms with Gasteiger partial charge in [-0.15, -0.1) is 11.8 Å². The van der Waals surface area contributed by atoms with Crippen LogP contribution in [0.2, 0.25) is 0 Å². The molecule has 4 nitrogen and oxygen atoms in total. The van der Waals surface area contributed by atoms with Crippen LogP contribution in [0, 0.1) is 12.3 Å². The van der Waals surface area contributed by atoms with Gasteiger partial charge in [0.15, 0.2) is 0 Å². The lowest BCUT2D eigenvalue weighted by Gasteiger charge is -2.41. The second kappa shape index (κ2) is 8.03. The molecule has 1 aromatic carbocycles. The normalized spacial score (nSPS) is 23.3. The summed E-state index contributed by atoms with van der Waals surface area (Å²) in [6, 6.07) is 8.56. The molecule has 5 heteroatoms. The Hall–Kier alpha value is -1.49. The average Bonchev–Trinajstić information content (AvgIpc) is 3.04. The fraction of sp³-hybridized carbons (Fsp3) is 0.619. The van der Waals surface area contributed by atoms with E-state index in [1.54, 1.807) is 11.8 Å². The van der Waals surface area contributed by atoms with Crippen LogP contribution < -0.4 is 0 Å². The van der Waals surface area contributed by atoms with Crippen molar-refractivity contribution in [2.24, 2.45) is 5.41 Å². The van der Waals surface area contributed by atoms with E-state index in [4.69, 9.17) is 0 Å². The summed E-state index contributed by atoms with van der Waals surface area (Å²) in [6.07, 6.45) is 2.80. The van der Waals surface area contributed by atoms with Gasteiger partial charge in [0.1, 0.15) is 0 Å². The van der Waals surface area contributed by atoms with E-state index in [9.17, 15) is 9.59 Å². The Morgan fingerprint density at radius 3 is 2.73 bits per heavy atom. The summed E-state index contributed by atoms with van der Waals surface area (Å²) in [7, 11) is 0. The van der Waals surface area contributed by atoms with Crippen molar-refractivity contribution < 1.29 is 9.59 Å². The molecule has 0 saturated carbocycles. The molecule has 2 aliphatic heterocycles. The number of amides is 2. The molecule has 2 saturated heterocycles. The van der Waals surface area contributed by atoms with Crippen molar-refractivity contribution in [1.82, 2.24) is 9.80 Å². The minimum atomic E-state index is -0.321. The fourth-order valence-corrected chi connectivity index (χ4v) is 5.17. The monoisotopic (exact) mass is 374 g/mol. The van der Waals surface area contributed by atoms with Crippen molar-refractivity contribution in [3.8, 4) is 0 Å². The molecule has 26 heavy (non-hydrogen) atoms. The highest BCUT2D eigenvalue weighted by Crippen LogP contribution is 2.40. The summed E-state index contributed by atoms with van der Waals surface area (Å²) < 4.78 is 0. The van der Waals surface area contributed by atoms with Crippen LogP contribution in [-0.2, 0) is 15.3 Å². The molecule has 3 rings (SSSR count). The van der Waals surface area contributed by atoms with Gasteiger partial charge in [-0.25, -0.2) is 0 Å². The number of hydrogen-bond acceptors (Lipinski definition) is 3. The third-order valence-corrected chi connectivity index (χ3v) is 6.81. The molecule has 2 heterocycles. The van der Waals surface area contributed by atoms with E-state index >= 15 is 0 Å². The van der Waals surface area contributed by atoms with E-state index in [1.165, 1.54) is 11.1 Å². The lowest BCUT2D eigenvalue weighted by atomic mass is 9.78. The van der Waals surface area contributed by atoms with Crippen molar-refractivity contribution in [2.75, 3.05) is 25.4 Å². The first kappa shape index (κ1) is 19.3. The van der Waals surface area contributed by atoms with Crippen LogP contribution in [0.25, 0.3) is 0 Å². The van der Waals surface area contributed by atoms with Crippen LogP contribution in [0.1, 0.15) is 44.2 Å². The number of carbonyl (C=O) groups is 2. The van der Waals surface area contributed by atoms with Crippen molar-refractivity contribution in [2.45, 2.75) is 51.8 Å². The minimum Gasteiger partial charge on any atom is -0.341 e. The Bertz CT molecular complexity index is 676. The minimum absolute atomic E-state index is 0.176. The smallest absolute Gasteiger partial charge is 0.232 e. The Labute approximate surface area is 161 Å². The van der Waals surface area contributed by atoms with Crippen molar-refractivity contribution >= 4 is 23.6 Å². The van der Waals surface area contributed by atoms with Gasteiger partial charge < -0.3 is 9.80 Å². The molecule has 1 atom stereocenters. The number of likely N-dealkylation sites (tertiary alicyclic amines) is 2. The summed E-state index contributed by atoms with van der Waals surface area (Å²) in [6.45, 7) is 8.46. The summed E-state index contributed by atoms with van der Waals surface area (Å²) >= 11 is 1.67. The number of hydrogen-bond donors (Lipinski definition) is 0. The number of nitrogens with zero attached hydrogens (tertiary/aromatic N) is 2. The van der Waals surface area contributed by atoms with E-state index < -0.39 is 0 Å². The number of aryl methyl sites for hydroxylation is 1. The highest BCUT2D eigenvalue weighted by molar-refractivity contribution is 7.99.